The number of rotatable bonds is 6. The van der Waals surface area contributed by atoms with Crippen LogP contribution in [0, 0.1) is 5.92 Å². The van der Waals surface area contributed by atoms with Gasteiger partial charge < -0.3 is 4.90 Å². The van der Waals surface area contributed by atoms with Gasteiger partial charge in [0.25, 0.3) is 0 Å². The second kappa shape index (κ2) is 8.16. The molecular weight excluding hydrogens is 312 g/mol. The summed E-state index contributed by atoms with van der Waals surface area (Å²) in [6.45, 7) is 7.01. The Kier molecular flexibility index (Phi) is 6.53. The second-order valence-corrected chi connectivity index (χ2v) is 6.64. The normalized spacial score (nSPS) is 22.9. The van der Waals surface area contributed by atoms with Crippen LogP contribution in [0.4, 0.5) is 0 Å². The lowest BCUT2D eigenvalue weighted by molar-refractivity contribution is 0.0767. The molecule has 2 unspecified atom stereocenters. The molecule has 2 nitrogen and oxygen atoms in total. The maximum Gasteiger partial charge on any atom is 0.0475 e. The summed E-state index contributed by atoms with van der Waals surface area (Å²) in [6, 6.07) is 11.5. The standard InChI is InChI=1S/C17H27BrN2/c1-3-7-15(12-18)13-20-11-10-19(2)14-17(20)16-8-5-4-6-9-16/h4-6,8-9,15,17H,3,7,10-14H2,1-2H3. The van der Waals surface area contributed by atoms with Gasteiger partial charge in [0.1, 0.15) is 0 Å². The summed E-state index contributed by atoms with van der Waals surface area (Å²) in [7, 11) is 2.24. The Morgan fingerprint density at radius 3 is 2.65 bits per heavy atom. The Bertz CT molecular complexity index is 382. The van der Waals surface area contributed by atoms with Crippen LogP contribution in [-0.4, -0.2) is 48.4 Å². The van der Waals surface area contributed by atoms with Crippen molar-refractivity contribution in [3.8, 4) is 0 Å². The molecule has 2 rings (SSSR count). The zero-order valence-electron chi connectivity index (χ0n) is 12.8. The van der Waals surface area contributed by atoms with E-state index >= 15 is 0 Å². The van der Waals surface area contributed by atoms with Crippen molar-refractivity contribution < 1.29 is 0 Å². The van der Waals surface area contributed by atoms with Crippen molar-refractivity contribution in [3.63, 3.8) is 0 Å². The monoisotopic (exact) mass is 338 g/mol. The molecule has 1 aliphatic heterocycles. The number of alkyl halides is 1. The summed E-state index contributed by atoms with van der Waals surface area (Å²) in [4.78, 5) is 5.15. The number of hydrogen-bond donors (Lipinski definition) is 0. The molecule has 1 saturated heterocycles. The van der Waals surface area contributed by atoms with E-state index in [1.54, 1.807) is 0 Å². The molecule has 1 fully saturated rings. The SMILES string of the molecule is CCCC(CBr)CN1CCN(C)CC1c1ccccc1. The van der Waals surface area contributed by atoms with E-state index in [4.69, 9.17) is 0 Å². The third-order valence-corrected chi connectivity index (χ3v) is 5.20. The molecule has 1 aromatic rings. The Labute approximate surface area is 132 Å². The molecule has 0 spiro atoms. The summed E-state index contributed by atoms with van der Waals surface area (Å²) in [5.41, 5.74) is 1.46. The lowest BCUT2D eigenvalue weighted by atomic mass is 9.99. The van der Waals surface area contributed by atoms with E-state index in [9.17, 15) is 0 Å². The van der Waals surface area contributed by atoms with Gasteiger partial charge in [-0.15, -0.1) is 0 Å². The predicted molar refractivity (Wildman–Crippen MR) is 90.4 cm³/mol. The molecular formula is C17H27BrN2. The fourth-order valence-corrected chi connectivity index (χ4v) is 3.65. The highest BCUT2D eigenvalue weighted by Gasteiger charge is 2.27. The first-order valence-electron chi connectivity index (χ1n) is 7.78. The van der Waals surface area contributed by atoms with E-state index in [2.05, 4.69) is 70.0 Å². The molecule has 20 heavy (non-hydrogen) atoms. The first kappa shape index (κ1) is 16.0. The first-order valence-corrected chi connectivity index (χ1v) is 8.90. The quantitative estimate of drug-likeness (QED) is 0.728. The van der Waals surface area contributed by atoms with Gasteiger partial charge in [0.05, 0.1) is 0 Å². The van der Waals surface area contributed by atoms with Gasteiger partial charge >= 0.3 is 0 Å². The van der Waals surface area contributed by atoms with E-state index in [-0.39, 0.29) is 0 Å². The van der Waals surface area contributed by atoms with Crippen molar-refractivity contribution in [1.82, 2.24) is 9.80 Å². The highest BCUT2D eigenvalue weighted by molar-refractivity contribution is 9.09. The van der Waals surface area contributed by atoms with Crippen LogP contribution in [0.1, 0.15) is 31.4 Å². The number of piperazine rings is 1. The van der Waals surface area contributed by atoms with Crippen molar-refractivity contribution in [2.75, 3.05) is 38.6 Å². The summed E-state index contributed by atoms with van der Waals surface area (Å²) in [5.74, 6) is 0.773. The minimum Gasteiger partial charge on any atom is -0.303 e. The van der Waals surface area contributed by atoms with Crippen LogP contribution in [-0.2, 0) is 0 Å². The molecule has 0 bridgehead atoms. The second-order valence-electron chi connectivity index (χ2n) is 5.99. The fraction of sp³-hybridized carbons (Fsp3) is 0.647. The Hall–Kier alpha value is -0.380. The molecule has 1 aliphatic rings. The Morgan fingerprint density at radius 1 is 1.25 bits per heavy atom. The fourth-order valence-electron chi connectivity index (χ4n) is 3.12. The zero-order valence-corrected chi connectivity index (χ0v) is 14.3. The Morgan fingerprint density at radius 2 is 2.00 bits per heavy atom. The molecule has 0 N–H and O–H groups in total. The van der Waals surface area contributed by atoms with E-state index in [1.807, 2.05) is 0 Å². The summed E-state index contributed by atoms with van der Waals surface area (Å²) < 4.78 is 0. The molecule has 0 saturated carbocycles. The van der Waals surface area contributed by atoms with Crippen LogP contribution >= 0.6 is 15.9 Å². The van der Waals surface area contributed by atoms with E-state index in [0.29, 0.717) is 6.04 Å². The first-order chi connectivity index (χ1) is 9.74. The van der Waals surface area contributed by atoms with Gasteiger partial charge in [0.15, 0.2) is 0 Å². The summed E-state index contributed by atoms with van der Waals surface area (Å²) in [6.07, 6.45) is 2.60. The molecule has 0 radical (unpaired) electrons. The largest absolute Gasteiger partial charge is 0.303 e. The van der Waals surface area contributed by atoms with Crippen LogP contribution < -0.4 is 0 Å². The van der Waals surface area contributed by atoms with Crippen molar-refractivity contribution in [1.29, 1.82) is 0 Å². The zero-order chi connectivity index (χ0) is 14.4. The van der Waals surface area contributed by atoms with Crippen LogP contribution in [0.15, 0.2) is 30.3 Å². The molecule has 0 aliphatic carbocycles. The smallest absolute Gasteiger partial charge is 0.0475 e. The van der Waals surface area contributed by atoms with Gasteiger partial charge in [-0.2, -0.15) is 0 Å². The summed E-state index contributed by atoms with van der Waals surface area (Å²) >= 11 is 3.69. The third kappa shape index (κ3) is 4.31. The lowest BCUT2D eigenvalue weighted by Gasteiger charge is -2.41. The van der Waals surface area contributed by atoms with Gasteiger partial charge in [-0.1, -0.05) is 59.6 Å². The molecule has 0 amide bonds. The average molecular weight is 339 g/mol. The van der Waals surface area contributed by atoms with Gasteiger partial charge in [-0.25, -0.2) is 0 Å². The number of hydrogen-bond acceptors (Lipinski definition) is 2. The van der Waals surface area contributed by atoms with Crippen LogP contribution in [0.5, 0.6) is 0 Å². The van der Waals surface area contributed by atoms with Gasteiger partial charge in [-0.05, 0) is 24.9 Å². The van der Waals surface area contributed by atoms with Crippen molar-refractivity contribution in [2.24, 2.45) is 5.92 Å². The maximum atomic E-state index is 3.69. The van der Waals surface area contributed by atoms with Gasteiger partial charge in [-0.3, -0.25) is 4.90 Å². The van der Waals surface area contributed by atoms with E-state index in [1.165, 1.54) is 38.0 Å². The molecule has 112 valence electrons. The molecule has 1 aromatic carbocycles. The number of benzene rings is 1. The van der Waals surface area contributed by atoms with Crippen molar-refractivity contribution >= 4 is 15.9 Å². The molecule has 1 heterocycles. The summed E-state index contributed by atoms with van der Waals surface area (Å²) in [5, 5.41) is 1.12. The number of nitrogens with zero attached hydrogens (tertiary/aromatic N) is 2. The van der Waals surface area contributed by atoms with Crippen LogP contribution in [0.3, 0.4) is 0 Å². The van der Waals surface area contributed by atoms with E-state index in [0.717, 1.165) is 17.8 Å². The highest BCUT2D eigenvalue weighted by Crippen LogP contribution is 2.26. The average Bonchev–Trinajstić information content (AvgIpc) is 2.49. The van der Waals surface area contributed by atoms with Crippen molar-refractivity contribution in [3.05, 3.63) is 35.9 Å². The molecule has 0 aromatic heterocycles. The van der Waals surface area contributed by atoms with Gasteiger partial charge in [0, 0.05) is 37.6 Å². The molecule has 2 atom stereocenters. The molecule has 3 heteroatoms. The topological polar surface area (TPSA) is 6.48 Å². The third-order valence-electron chi connectivity index (χ3n) is 4.29. The lowest BCUT2D eigenvalue weighted by Crippen LogP contribution is -2.48. The van der Waals surface area contributed by atoms with Crippen LogP contribution in [0.2, 0.25) is 0 Å². The van der Waals surface area contributed by atoms with Gasteiger partial charge in [0.2, 0.25) is 0 Å². The number of likely N-dealkylation sites (N-methyl/N-ethyl adjacent to an activating group) is 1. The van der Waals surface area contributed by atoms with Crippen molar-refractivity contribution in [2.45, 2.75) is 25.8 Å². The number of halogens is 1. The Balaban J connectivity index is 2.08. The maximum absolute atomic E-state index is 3.69. The highest BCUT2D eigenvalue weighted by atomic mass is 79.9. The minimum atomic E-state index is 0.549. The minimum absolute atomic E-state index is 0.549. The predicted octanol–water partition coefficient (Wildman–Crippen LogP) is 3.79. The van der Waals surface area contributed by atoms with Crippen LogP contribution in [0.25, 0.3) is 0 Å². The van der Waals surface area contributed by atoms with E-state index < -0.39 is 0 Å².